The van der Waals surface area contributed by atoms with Crippen molar-refractivity contribution in [3.05, 3.63) is 65.5 Å². The number of carbonyl (C=O) groups is 1. The first kappa shape index (κ1) is 15.9. The number of hydrogen-bond donors (Lipinski definition) is 1. The van der Waals surface area contributed by atoms with E-state index in [0.717, 1.165) is 5.56 Å². The molecule has 0 radical (unpaired) electrons. The molecule has 0 saturated carbocycles. The molecule has 0 spiro atoms. The molecule has 4 rings (SSSR count). The number of amides is 1. The van der Waals surface area contributed by atoms with E-state index in [2.05, 4.69) is 50.0 Å². The third kappa shape index (κ3) is 3.04. The Bertz CT molecular complexity index is 1080. The van der Waals surface area contributed by atoms with Gasteiger partial charge >= 0.3 is 0 Å². The second-order valence-corrected chi connectivity index (χ2v) is 6.09. The number of nitrogens with zero attached hydrogens (tertiary/aromatic N) is 6. The summed E-state index contributed by atoms with van der Waals surface area (Å²) in [6.45, 7) is 2.62. The highest BCUT2D eigenvalue weighted by atomic mass is 16.1. The van der Waals surface area contributed by atoms with Gasteiger partial charge in [-0.05, 0) is 18.6 Å². The van der Waals surface area contributed by atoms with Crippen LogP contribution in [0.3, 0.4) is 0 Å². The maximum atomic E-state index is 12.6. The van der Waals surface area contributed by atoms with Gasteiger partial charge in [-0.15, -0.1) is 5.10 Å². The molecule has 26 heavy (non-hydrogen) atoms. The fraction of sp³-hybridized carbons (Fsp3) is 0.167. The molecule has 8 heteroatoms. The van der Waals surface area contributed by atoms with Crippen LogP contribution in [0, 0.1) is 6.92 Å². The largest absolute Gasteiger partial charge is 0.307 e. The van der Waals surface area contributed by atoms with E-state index in [1.165, 1.54) is 11.8 Å². The van der Waals surface area contributed by atoms with Crippen LogP contribution in [0.5, 0.6) is 0 Å². The van der Waals surface area contributed by atoms with Crippen LogP contribution >= 0.6 is 0 Å². The van der Waals surface area contributed by atoms with Gasteiger partial charge in [0, 0.05) is 19.3 Å². The van der Waals surface area contributed by atoms with E-state index in [1.807, 2.05) is 6.92 Å². The van der Waals surface area contributed by atoms with Gasteiger partial charge in [0.25, 0.3) is 5.91 Å². The highest BCUT2D eigenvalue weighted by Gasteiger charge is 2.13. The summed E-state index contributed by atoms with van der Waals surface area (Å²) < 4.78 is 3.31. The molecule has 0 aliphatic rings. The molecule has 0 aliphatic carbocycles. The van der Waals surface area contributed by atoms with Gasteiger partial charge in [0.1, 0.15) is 11.3 Å². The lowest BCUT2D eigenvalue weighted by molar-refractivity contribution is 0.102. The van der Waals surface area contributed by atoms with Gasteiger partial charge in [0.05, 0.1) is 18.3 Å². The smallest absolute Gasteiger partial charge is 0.258 e. The topological polar surface area (TPSA) is 90.5 Å². The molecule has 3 aromatic heterocycles. The van der Waals surface area contributed by atoms with Crippen molar-refractivity contribution < 1.29 is 4.79 Å². The molecule has 0 unspecified atom stereocenters. The maximum absolute atomic E-state index is 12.6. The predicted molar refractivity (Wildman–Crippen MR) is 96.8 cm³/mol. The number of carbonyl (C=O) groups excluding carboxylic acids is 1. The molecule has 8 nitrogen and oxygen atoms in total. The summed E-state index contributed by atoms with van der Waals surface area (Å²) in [6.07, 6.45) is 3.18. The Hall–Kier alpha value is -3.55. The predicted octanol–water partition coefficient (Wildman–Crippen LogP) is 2.17. The fourth-order valence-corrected chi connectivity index (χ4v) is 2.67. The Kier molecular flexibility index (Phi) is 3.92. The average molecular weight is 347 g/mol. The lowest BCUT2D eigenvalue weighted by Gasteiger charge is -2.09. The number of fused-ring (bicyclic) bond motifs is 1. The van der Waals surface area contributed by atoms with Crippen LogP contribution < -0.4 is 5.32 Å². The summed E-state index contributed by atoms with van der Waals surface area (Å²) >= 11 is 0. The minimum absolute atomic E-state index is 0.268. The third-order valence-electron chi connectivity index (χ3n) is 4.11. The highest BCUT2D eigenvalue weighted by molar-refractivity contribution is 6.04. The second-order valence-electron chi connectivity index (χ2n) is 6.09. The average Bonchev–Trinajstić information content (AvgIpc) is 3.23. The molecular weight excluding hydrogens is 330 g/mol. The van der Waals surface area contributed by atoms with Crippen molar-refractivity contribution in [2.45, 2.75) is 13.5 Å². The summed E-state index contributed by atoms with van der Waals surface area (Å²) in [5.74, 6) is 0.352. The zero-order valence-corrected chi connectivity index (χ0v) is 14.4. The number of rotatable bonds is 4. The molecule has 0 atom stereocenters. The van der Waals surface area contributed by atoms with Crippen molar-refractivity contribution in [2.24, 2.45) is 7.05 Å². The van der Waals surface area contributed by atoms with E-state index in [1.54, 1.807) is 34.7 Å². The summed E-state index contributed by atoms with van der Waals surface area (Å²) in [5, 5.41) is 15.1. The van der Waals surface area contributed by atoms with E-state index in [9.17, 15) is 4.79 Å². The van der Waals surface area contributed by atoms with Crippen molar-refractivity contribution >= 4 is 22.9 Å². The number of aryl methyl sites for hydroxylation is 2. The third-order valence-corrected chi connectivity index (χ3v) is 4.11. The first-order valence-corrected chi connectivity index (χ1v) is 8.14. The molecule has 0 bridgehead atoms. The van der Waals surface area contributed by atoms with Crippen molar-refractivity contribution in [1.29, 1.82) is 0 Å². The van der Waals surface area contributed by atoms with E-state index < -0.39 is 0 Å². The second kappa shape index (κ2) is 6.40. The number of nitrogens with one attached hydrogen (secondary N) is 1. The van der Waals surface area contributed by atoms with Gasteiger partial charge < -0.3 is 5.32 Å². The van der Waals surface area contributed by atoms with Crippen LogP contribution in [-0.2, 0) is 13.6 Å². The minimum atomic E-state index is -0.268. The molecule has 1 N–H and O–H groups in total. The van der Waals surface area contributed by atoms with Crippen molar-refractivity contribution in [3.8, 4) is 0 Å². The Morgan fingerprint density at radius 2 is 2.00 bits per heavy atom. The van der Waals surface area contributed by atoms with Gasteiger partial charge in [-0.1, -0.05) is 35.0 Å². The standard InChI is InChI=1S/C18H17N7O/c1-12-3-5-13(6-4-12)11-25-16(7-8-20-25)21-18(26)14-9-15-17(19-10-14)24(2)23-22-15/h3-10H,11H2,1-2H3,(H,21,26). The molecule has 4 aromatic rings. The zero-order valence-electron chi connectivity index (χ0n) is 14.4. The quantitative estimate of drug-likeness (QED) is 0.611. The summed E-state index contributed by atoms with van der Waals surface area (Å²) in [6, 6.07) is 11.6. The number of aromatic nitrogens is 6. The maximum Gasteiger partial charge on any atom is 0.258 e. The first-order valence-electron chi connectivity index (χ1n) is 8.14. The van der Waals surface area contributed by atoms with Crippen LogP contribution in [0.15, 0.2) is 48.8 Å². The van der Waals surface area contributed by atoms with Gasteiger partial charge in [-0.3, -0.25) is 4.79 Å². The van der Waals surface area contributed by atoms with E-state index >= 15 is 0 Å². The Morgan fingerprint density at radius 3 is 2.81 bits per heavy atom. The Labute approximate surface area is 149 Å². The van der Waals surface area contributed by atoms with Crippen molar-refractivity contribution in [3.63, 3.8) is 0 Å². The number of pyridine rings is 1. The molecule has 0 aliphatic heterocycles. The lowest BCUT2D eigenvalue weighted by atomic mass is 10.1. The number of anilines is 1. The Morgan fingerprint density at radius 1 is 1.19 bits per heavy atom. The Balaban J connectivity index is 1.54. The van der Waals surface area contributed by atoms with Crippen LogP contribution in [0.4, 0.5) is 5.82 Å². The van der Waals surface area contributed by atoms with E-state index in [4.69, 9.17) is 0 Å². The zero-order chi connectivity index (χ0) is 18.1. The van der Waals surface area contributed by atoms with E-state index in [-0.39, 0.29) is 5.91 Å². The SMILES string of the molecule is Cc1ccc(Cn2nccc2NC(=O)c2cnc3c(c2)nnn3C)cc1. The van der Waals surface area contributed by atoms with Gasteiger partial charge in [-0.25, -0.2) is 14.3 Å². The summed E-state index contributed by atoms with van der Waals surface area (Å²) in [4.78, 5) is 16.8. The van der Waals surface area contributed by atoms with Crippen LogP contribution in [0.1, 0.15) is 21.5 Å². The summed E-state index contributed by atoms with van der Waals surface area (Å²) in [5.41, 5.74) is 3.94. The van der Waals surface area contributed by atoms with Crippen LogP contribution in [-0.4, -0.2) is 35.7 Å². The van der Waals surface area contributed by atoms with E-state index in [0.29, 0.717) is 29.1 Å². The molecule has 1 aromatic carbocycles. The molecular formula is C18H17N7O. The van der Waals surface area contributed by atoms with Crippen LogP contribution in [0.25, 0.3) is 11.2 Å². The lowest BCUT2D eigenvalue weighted by Crippen LogP contribution is -2.16. The molecule has 3 heterocycles. The van der Waals surface area contributed by atoms with Crippen molar-refractivity contribution in [1.82, 2.24) is 29.8 Å². The monoisotopic (exact) mass is 347 g/mol. The molecule has 130 valence electrons. The van der Waals surface area contributed by atoms with Crippen molar-refractivity contribution in [2.75, 3.05) is 5.32 Å². The molecule has 1 amide bonds. The summed E-state index contributed by atoms with van der Waals surface area (Å²) in [7, 11) is 1.76. The normalized spacial score (nSPS) is 11.0. The minimum Gasteiger partial charge on any atom is -0.307 e. The van der Waals surface area contributed by atoms with Gasteiger partial charge in [0.15, 0.2) is 5.65 Å². The highest BCUT2D eigenvalue weighted by Crippen LogP contribution is 2.14. The number of benzene rings is 1. The molecule has 0 saturated heterocycles. The van der Waals surface area contributed by atoms with Crippen LogP contribution in [0.2, 0.25) is 0 Å². The van der Waals surface area contributed by atoms with Gasteiger partial charge in [0.2, 0.25) is 0 Å². The fourth-order valence-electron chi connectivity index (χ4n) is 2.67. The first-order chi connectivity index (χ1) is 12.6. The number of hydrogen-bond acceptors (Lipinski definition) is 5. The van der Waals surface area contributed by atoms with Gasteiger partial charge in [-0.2, -0.15) is 5.10 Å². The molecule has 0 fully saturated rings.